The second kappa shape index (κ2) is 7.79. The standard InChI is InChI=1S/C15H25N3O/c1-4-18(5-2)11-7-10-15(19)17-14-9-6-8-13(16)12(14)3/h6,8-9H,4-5,7,10-11,16H2,1-3H3,(H,17,19). The van der Waals surface area contributed by atoms with E-state index in [-0.39, 0.29) is 5.91 Å². The van der Waals surface area contributed by atoms with Crippen LogP contribution in [0.1, 0.15) is 32.3 Å². The lowest BCUT2D eigenvalue weighted by atomic mass is 10.1. The number of hydrogen-bond donors (Lipinski definition) is 2. The maximum Gasteiger partial charge on any atom is 0.224 e. The Morgan fingerprint density at radius 2 is 2.00 bits per heavy atom. The Labute approximate surface area is 116 Å². The molecule has 0 saturated heterocycles. The van der Waals surface area contributed by atoms with Gasteiger partial charge in [-0.1, -0.05) is 19.9 Å². The summed E-state index contributed by atoms with van der Waals surface area (Å²) in [7, 11) is 0. The lowest BCUT2D eigenvalue weighted by molar-refractivity contribution is -0.116. The van der Waals surface area contributed by atoms with Gasteiger partial charge in [-0.15, -0.1) is 0 Å². The van der Waals surface area contributed by atoms with E-state index in [0.717, 1.165) is 37.3 Å². The molecular formula is C15H25N3O. The summed E-state index contributed by atoms with van der Waals surface area (Å²) in [6.45, 7) is 9.23. The van der Waals surface area contributed by atoms with Crippen LogP contribution in [-0.2, 0) is 4.79 Å². The Morgan fingerprint density at radius 3 is 2.63 bits per heavy atom. The fraction of sp³-hybridized carbons (Fsp3) is 0.533. The van der Waals surface area contributed by atoms with E-state index in [4.69, 9.17) is 5.73 Å². The number of nitrogen functional groups attached to an aromatic ring is 1. The molecule has 4 heteroatoms. The molecule has 0 fully saturated rings. The molecule has 0 radical (unpaired) electrons. The third kappa shape index (κ3) is 4.91. The highest BCUT2D eigenvalue weighted by molar-refractivity contribution is 5.92. The summed E-state index contributed by atoms with van der Waals surface area (Å²) in [5.74, 6) is 0.0563. The van der Waals surface area contributed by atoms with Crippen LogP contribution in [0.2, 0.25) is 0 Å². The van der Waals surface area contributed by atoms with E-state index in [0.29, 0.717) is 12.1 Å². The maximum atomic E-state index is 11.9. The smallest absolute Gasteiger partial charge is 0.224 e. The fourth-order valence-electron chi connectivity index (χ4n) is 2.00. The monoisotopic (exact) mass is 263 g/mol. The van der Waals surface area contributed by atoms with Crippen LogP contribution < -0.4 is 11.1 Å². The van der Waals surface area contributed by atoms with Crippen LogP contribution in [0.25, 0.3) is 0 Å². The van der Waals surface area contributed by atoms with Crippen molar-refractivity contribution in [1.82, 2.24) is 4.90 Å². The molecule has 0 unspecified atom stereocenters. The molecule has 4 nitrogen and oxygen atoms in total. The molecule has 1 aromatic rings. The molecule has 0 heterocycles. The second-order valence-electron chi connectivity index (χ2n) is 4.70. The van der Waals surface area contributed by atoms with Gasteiger partial charge in [-0.05, 0) is 50.7 Å². The number of anilines is 2. The highest BCUT2D eigenvalue weighted by atomic mass is 16.1. The minimum Gasteiger partial charge on any atom is -0.398 e. The molecular weight excluding hydrogens is 238 g/mol. The van der Waals surface area contributed by atoms with Gasteiger partial charge < -0.3 is 16.0 Å². The molecule has 0 aromatic heterocycles. The minimum absolute atomic E-state index is 0.0563. The predicted molar refractivity (Wildman–Crippen MR) is 81.2 cm³/mol. The summed E-state index contributed by atoms with van der Waals surface area (Å²) >= 11 is 0. The summed E-state index contributed by atoms with van der Waals surface area (Å²) in [5, 5.41) is 2.92. The van der Waals surface area contributed by atoms with E-state index in [1.165, 1.54) is 0 Å². The average molecular weight is 263 g/mol. The highest BCUT2D eigenvalue weighted by Gasteiger charge is 2.07. The molecule has 0 bridgehead atoms. The first kappa shape index (κ1) is 15.5. The zero-order chi connectivity index (χ0) is 14.3. The molecule has 1 aromatic carbocycles. The van der Waals surface area contributed by atoms with Gasteiger partial charge in [0.2, 0.25) is 5.91 Å². The first-order valence-corrected chi connectivity index (χ1v) is 6.95. The molecule has 0 aliphatic heterocycles. The number of rotatable bonds is 7. The van der Waals surface area contributed by atoms with E-state index >= 15 is 0 Å². The lowest BCUT2D eigenvalue weighted by Crippen LogP contribution is -2.25. The van der Waals surface area contributed by atoms with Gasteiger partial charge in [-0.25, -0.2) is 0 Å². The molecule has 0 spiro atoms. The summed E-state index contributed by atoms with van der Waals surface area (Å²) in [6, 6.07) is 5.58. The van der Waals surface area contributed by atoms with Crippen LogP contribution >= 0.6 is 0 Å². The number of amides is 1. The van der Waals surface area contributed by atoms with Crippen LogP contribution in [-0.4, -0.2) is 30.4 Å². The average Bonchev–Trinajstić information content (AvgIpc) is 2.40. The maximum absolute atomic E-state index is 11.9. The molecule has 1 amide bonds. The molecule has 1 rings (SSSR count). The number of benzene rings is 1. The van der Waals surface area contributed by atoms with Crippen molar-refractivity contribution in [3.63, 3.8) is 0 Å². The van der Waals surface area contributed by atoms with Crippen LogP contribution in [0, 0.1) is 6.92 Å². The lowest BCUT2D eigenvalue weighted by Gasteiger charge is -2.17. The SMILES string of the molecule is CCN(CC)CCCC(=O)Nc1cccc(N)c1C. The van der Waals surface area contributed by atoms with E-state index in [2.05, 4.69) is 24.1 Å². The van der Waals surface area contributed by atoms with Crippen molar-refractivity contribution in [2.45, 2.75) is 33.6 Å². The van der Waals surface area contributed by atoms with Crippen molar-refractivity contribution >= 4 is 17.3 Å². The Hall–Kier alpha value is -1.55. The van der Waals surface area contributed by atoms with Crippen molar-refractivity contribution in [3.8, 4) is 0 Å². The quantitative estimate of drug-likeness (QED) is 0.743. The van der Waals surface area contributed by atoms with Gasteiger partial charge in [-0.2, -0.15) is 0 Å². The fourth-order valence-corrected chi connectivity index (χ4v) is 2.00. The van der Waals surface area contributed by atoms with Crippen LogP contribution in [0.15, 0.2) is 18.2 Å². The van der Waals surface area contributed by atoms with Crippen molar-refractivity contribution in [2.75, 3.05) is 30.7 Å². The van der Waals surface area contributed by atoms with Gasteiger partial charge in [0.05, 0.1) is 0 Å². The number of carbonyl (C=O) groups excluding carboxylic acids is 1. The Balaban J connectivity index is 2.41. The largest absolute Gasteiger partial charge is 0.398 e. The van der Waals surface area contributed by atoms with Crippen LogP contribution in [0.3, 0.4) is 0 Å². The zero-order valence-electron chi connectivity index (χ0n) is 12.2. The van der Waals surface area contributed by atoms with E-state index in [9.17, 15) is 4.79 Å². The van der Waals surface area contributed by atoms with E-state index < -0.39 is 0 Å². The highest BCUT2D eigenvalue weighted by Crippen LogP contribution is 2.20. The number of nitrogens with zero attached hydrogens (tertiary/aromatic N) is 1. The molecule has 0 aliphatic rings. The van der Waals surface area contributed by atoms with Crippen LogP contribution in [0.5, 0.6) is 0 Å². The predicted octanol–water partition coefficient (Wildman–Crippen LogP) is 2.64. The van der Waals surface area contributed by atoms with Gasteiger partial charge in [0.25, 0.3) is 0 Å². The molecule has 0 aliphatic carbocycles. The van der Waals surface area contributed by atoms with Crippen molar-refractivity contribution in [1.29, 1.82) is 0 Å². The first-order chi connectivity index (χ1) is 9.08. The molecule has 0 saturated carbocycles. The van der Waals surface area contributed by atoms with Crippen molar-refractivity contribution in [3.05, 3.63) is 23.8 Å². The molecule has 3 N–H and O–H groups in total. The second-order valence-corrected chi connectivity index (χ2v) is 4.70. The van der Waals surface area contributed by atoms with E-state index in [1.807, 2.05) is 25.1 Å². The van der Waals surface area contributed by atoms with Gasteiger partial charge in [-0.3, -0.25) is 4.79 Å². The van der Waals surface area contributed by atoms with Gasteiger partial charge in [0, 0.05) is 17.8 Å². The Kier molecular flexibility index (Phi) is 6.36. The topological polar surface area (TPSA) is 58.4 Å². The van der Waals surface area contributed by atoms with E-state index in [1.54, 1.807) is 0 Å². The number of carbonyl (C=O) groups is 1. The van der Waals surface area contributed by atoms with Crippen LogP contribution in [0.4, 0.5) is 11.4 Å². The molecule has 106 valence electrons. The number of nitrogens with one attached hydrogen (secondary N) is 1. The number of nitrogens with two attached hydrogens (primary N) is 1. The van der Waals surface area contributed by atoms with Crippen molar-refractivity contribution in [2.24, 2.45) is 0 Å². The Bertz CT molecular complexity index is 414. The third-order valence-corrected chi connectivity index (χ3v) is 3.42. The minimum atomic E-state index is 0.0563. The summed E-state index contributed by atoms with van der Waals surface area (Å²) in [6.07, 6.45) is 1.43. The molecule has 19 heavy (non-hydrogen) atoms. The van der Waals surface area contributed by atoms with Crippen molar-refractivity contribution < 1.29 is 4.79 Å². The summed E-state index contributed by atoms with van der Waals surface area (Å²) in [5.41, 5.74) is 8.27. The third-order valence-electron chi connectivity index (χ3n) is 3.42. The summed E-state index contributed by atoms with van der Waals surface area (Å²) < 4.78 is 0. The Morgan fingerprint density at radius 1 is 1.32 bits per heavy atom. The summed E-state index contributed by atoms with van der Waals surface area (Å²) in [4.78, 5) is 14.2. The van der Waals surface area contributed by atoms with Gasteiger partial charge in [0.1, 0.15) is 0 Å². The first-order valence-electron chi connectivity index (χ1n) is 6.95. The normalized spacial score (nSPS) is 10.7. The van der Waals surface area contributed by atoms with Gasteiger partial charge >= 0.3 is 0 Å². The molecule has 0 atom stereocenters. The zero-order valence-corrected chi connectivity index (χ0v) is 12.2. The number of hydrogen-bond acceptors (Lipinski definition) is 3. The van der Waals surface area contributed by atoms with Gasteiger partial charge in [0.15, 0.2) is 0 Å².